The van der Waals surface area contributed by atoms with E-state index in [-0.39, 0.29) is 5.75 Å². The minimum absolute atomic E-state index is 0.0157. The fourth-order valence-electron chi connectivity index (χ4n) is 1.18. The zero-order chi connectivity index (χ0) is 12.9. The molecule has 0 unspecified atom stereocenters. The van der Waals surface area contributed by atoms with Crippen molar-refractivity contribution in [1.82, 2.24) is 0 Å². The molecule has 0 aliphatic carbocycles. The van der Waals surface area contributed by atoms with Gasteiger partial charge in [0.25, 0.3) is 0 Å². The quantitative estimate of drug-likeness (QED) is 0.808. The molecule has 1 rings (SSSR count). The third-order valence-electron chi connectivity index (χ3n) is 1.97. The largest absolute Gasteiger partial charge is 0.492 e. The third kappa shape index (κ3) is 6.26. The highest BCUT2D eigenvalue weighted by atomic mass is 79.9. The Labute approximate surface area is 114 Å². The molecular formula is C10H13BrClNO3S. The van der Waals surface area contributed by atoms with E-state index in [0.717, 1.165) is 4.47 Å². The van der Waals surface area contributed by atoms with Crippen molar-refractivity contribution in [2.75, 3.05) is 12.4 Å². The summed E-state index contributed by atoms with van der Waals surface area (Å²) in [5.41, 5.74) is 0. The maximum absolute atomic E-state index is 10.7. The molecule has 1 aromatic rings. The van der Waals surface area contributed by atoms with Gasteiger partial charge in [-0.25, -0.2) is 13.6 Å². The van der Waals surface area contributed by atoms with Crippen LogP contribution < -0.4 is 9.88 Å². The predicted octanol–water partition coefficient (Wildman–Crippen LogP) is 2.55. The number of hydrogen-bond donors (Lipinski definition) is 1. The molecule has 0 amide bonds. The van der Waals surface area contributed by atoms with Crippen LogP contribution in [0.1, 0.15) is 12.8 Å². The van der Waals surface area contributed by atoms with E-state index in [2.05, 4.69) is 15.9 Å². The second kappa shape index (κ2) is 6.58. The standard InChI is InChI=1S/C10H13BrClNO3S/c11-9-7-8(12)3-4-10(9)16-5-1-2-6-17(13,14)15/h3-4,7H,1-2,5-6H2,(H2,13,14,15). The third-order valence-corrected chi connectivity index (χ3v) is 3.69. The molecule has 0 aromatic heterocycles. The molecule has 1 aromatic carbocycles. The summed E-state index contributed by atoms with van der Waals surface area (Å²) >= 11 is 9.11. The van der Waals surface area contributed by atoms with Gasteiger partial charge in [-0.15, -0.1) is 0 Å². The molecule has 17 heavy (non-hydrogen) atoms. The Morgan fingerprint density at radius 1 is 1.35 bits per heavy atom. The lowest BCUT2D eigenvalue weighted by Crippen LogP contribution is -2.16. The molecule has 0 aliphatic rings. The maximum atomic E-state index is 10.7. The molecule has 0 atom stereocenters. The molecule has 96 valence electrons. The van der Waals surface area contributed by atoms with Crippen LogP contribution >= 0.6 is 27.5 Å². The van der Waals surface area contributed by atoms with Gasteiger partial charge in [0, 0.05) is 5.02 Å². The summed E-state index contributed by atoms with van der Waals surface area (Å²) in [7, 11) is -3.37. The number of primary sulfonamides is 1. The average molecular weight is 343 g/mol. The Morgan fingerprint density at radius 2 is 2.06 bits per heavy atom. The fraction of sp³-hybridized carbons (Fsp3) is 0.400. The minimum Gasteiger partial charge on any atom is -0.492 e. The summed E-state index contributed by atoms with van der Waals surface area (Å²) in [6.45, 7) is 0.440. The van der Waals surface area contributed by atoms with Crippen LogP contribution in [0, 0.1) is 0 Å². The first-order valence-corrected chi connectivity index (χ1v) is 7.85. The van der Waals surface area contributed by atoms with Crippen molar-refractivity contribution in [1.29, 1.82) is 0 Å². The average Bonchev–Trinajstić information content (AvgIpc) is 2.18. The van der Waals surface area contributed by atoms with Gasteiger partial charge in [-0.1, -0.05) is 11.6 Å². The lowest BCUT2D eigenvalue weighted by atomic mass is 10.3. The van der Waals surface area contributed by atoms with Gasteiger partial charge in [0.15, 0.2) is 0 Å². The van der Waals surface area contributed by atoms with Crippen molar-refractivity contribution in [2.45, 2.75) is 12.8 Å². The summed E-state index contributed by atoms with van der Waals surface area (Å²) in [5.74, 6) is 0.669. The van der Waals surface area contributed by atoms with Gasteiger partial charge < -0.3 is 4.74 Å². The molecule has 0 saturated carbocycles. The minimum atomic E-state index is -3.37. The van der Waals surface area contributed by atoms with Crippen LogP contribution in [0.4, 0.5) is 0 Å². The van der Waals surface area contributed by atoms with Gasteiger partial charge in [-0.2, -0.15) is 0 Å². The van der Waals surface area contributed by atoms with E-state index in [0.29, 0.717) is 30.2 Å². The zero-order valence-corrected chi connectivity index (χ0v) is 12.2. The molecule has 0 bridgehead atoms. The van der Waals surface area contributed by atoms with Crippen LogP contribution in [0.2, 0.25) is 5.02 Å². The van der Waals surface area contributed by atoms with Gasteiger partial charge in [0.2, 0.25) is 10.0 Å². The number of halogens is 2. The van der Waals surface area contributed by atoms with E-state index in [4.69, 9.17) is 21.5 Å². The summed E-state index contributed by atoms with van der Waals surface area (Å²) < 4.78 is 27.6. The van der Waals surface area contributed by atoms with Crippen molar-refractivity contribution in [3.63, 3.8) is 0 Å². The van der Waals surface area contributed by atoms with Crippen molar-refractivity contribution in [3.8, 4) is 5.75 Å². The molecule has 0 spiro atoms. The van der Waals surface area contributed by atoms with Crippen molar-refractivity contribution < 1.29 is 13.2 Å². The van der Waals surface area contributed by atoms with E-state index >= 15 is 0 Å². The van der Waals surface area contributed by atoms with Crippen LogP contribution in [-0.2, 0) is 10.0 Å². The highest BCUT2D eigenvalue weighted by Crippen LogP contribution is 2.27. The Morgan fingerprint density at radius 3 is 2.65 bits per heavy atom. The van der Waals surface area contributed by atoms with Gasteiger partial charge in [-0.05, 0) is 47.0 Å². The van der Waals surface area contributed by atoms with Gasteiger partial charge >= 0.3 is 0 Å². The highest BCUT2D eigenvalue weighted by molar-refractivity contribution is 9.10. The first-order valence-electron chi connectivity index (χ1n) is 4.97. The van der Waals surface area contributed by atoms with E-state index in [1.807, 2.05) is 0 Å². The monoisotopic (exact) mass is 341 g/mol. The number of hydrogen-bond acceptors (Lipinski definition) is 3. The first-order chi connectivity index (χ1) is 7.88. The number of nitrogens with two attached hydrogens (primary N) is 1. The second-order valence-corrected chi connectivity index (χ2v) is 6.52. The summed E-state index contributed by atoms with van der Waals surface area (Å²) in [6, 6.07) is 5.22. The fourth-order valence-corrected chi connectivity index (χ4v) is 2.58. The van der Waals surface area contributed by atoms with Crippen LogP contribution in [0.3, 0.4) is 0 Å². The van der Waals surface area contributed by atoms with Crippen LogP contribution in [0.15, 0.2) is 22.7 Å². The van der Waals surface area contributed by atoms with Crippen LogP contribution in [-0.4, -0.2) is 20.8 Å². The summed E-state index contributed by atoms with van der Waals surface area (Å²) in [5, 5.41) is 5.50. The molecule has 0 aliphatic heterocycles. The lowest BCUT2D eigenvalue weighted by molar-refractivity contribution is 0.307. The number of rotatable bonds is 6. The predicted molar refractivity (Wildman–Crippen MR) is 71.9 cm³/mol. The Bertz CT molecular complexity index is 478. The molecule has 0 saturated heterocycles. The first kappa shape index (κ1) is 14.8. The molecule has 4 nitrogen and oxygen atoms in total. The van der Waals surface area contributed by atoms with Gasteiger partial charge in [0.05, 0.1) is 16.8 Å². The molecule has 0 radical (unpaired) electrons. The van der Waals surface area contributed by atoms with Crippen molar-refractivity contribution >= 4 is 37.6 Å². The Hall–Kier alpha value is -0.300. The molecule has 7 heteroatoms. The summed E-state index contributed by atoms with van der Waals surface area (Å²) in [4.78, 5) is 0. The normalized spacial score (nSPS) is 11.5. The zero-order valence-electron chi connectivity index (χ0n) is 9.03. The molecule has 0 fully saturated rings. The number of benzene rings is 1. The second-order valence-electron chi connectivity index (χ2n) is 3.50. The van der Waals surface area contributed by atoms with E-state index in [1.54, 1.807) is 18.2 Å². The maximum Gasteiger partial charge on any atom is 0.209 e. The van der Waals surface area contributed by atoms with Gasteiger partial charge in [-0.3, -0.25) is 0 Å². The van der Waals surface area contributed by atoms with E-state index in [9.17, 15) is 8.42 Å². The summed E-state index contributed by atoms with van der Waals surface area (Å²) in [6.07, 6.45) is 1.12. The van der Waals surface area contributed by atoms with E-state index < -0.39 is 10.0 Å². The molecule has 2 N–H and O–H groups in total. The molecule has 0 heterocycles. The smallest absolute Gasteiger partial charge is 0.209 e. The van der Waals surface area contributed by atoms with Crippen LogP contribution in [0.25, 0.3) is 0 Å². The SMILES string of the molecule is NS(=O)(=O)CCCCOc1ccc(Cl)cc1Br. The molecular weight excluding hydrogens is 330 g/mol. The number of sulfonamides is 1. The van der Waals surface area contributed by atoms with Crippen molar-refractivity contribution in [3.05, 3.63) is 27.7 Å². The van der Waals surface area contributed by atoms with E-state index in [1.165, 1.54) is 0 Å². The Balaban J connectivity index is 2.32. The highest BCUT2D eigenvalue weighted by Gasteiger charge is 2.04. The van der Waals surface area contributed by atoms with Crippen LogP contribution in [0.5, 0.6) is 5.75 Å². The number of ether oxygens (including phenoxy) is 1. The number of unbranched alkanes of at least 4 members (excludes halogenated alkanes) is 1. The van der Waals surface area contributed by atoms with Crippen molar-refractivity contribution in [2.24, 2.45) is 5.14 Å². The lowest BCUT2D eigenvalue weighted by Gasteiger charge is -2.07. The van der Waals surface area contributed by atoms with Gasteiger partial charge in [0.1, 0.15) is 5.75 Å². The Kier molecular flexibility index (Phi) is 5.72. The topological polar surface area (TPSA) is 69.4 Å².